The van der Waals surface area contributed by atoms with Gasteiger partial charge in [-0.2, -0.15) is 0 Å². The third-order valence-electron chi connectivity index (χ3n) is 9.57. The minimum absolute atomic E-state index is 0.191. The first-order valence-corrected chi connectivity index (χ1v) is 13.9. The first-order valence-electron chi connectivity index (χ1n) is 13.9. The van der Waals surface area contributed by atoms with Gasteiger partial charge in [-0.15, -0.1) is 0 Å². The number of phenols is 1. The number of para-hydroxylation sites is 1. The summed E-state index contributed by atoms with van der Waals surface area (Å²) < 4.78 is 0. The Morgan fingerprint density at radius 2 is 1.69 bits per heavy atom. The highest BCUT2D eigenvalue weighted by Gasteiger charge is 2.59. The van der Waals surface area contributed by atoms with Gasteiger partial charge in [-0.1, -0.05) is 26.0 Å². The Bertz CT molecular complexity index is 1140. The first kappa shape index (κ1) is 23.9. The van der Waals surface area contributed by atoms with Crippen LogP contribution >= 0.6 is 0 Å². The number of aromatic hydroxyl groups is 1. The molecule has 2 saturated heterocycles. The summed E-state index contributed by atoms with van der Waals surface area (Å²) in [6, 6.07) is 8.73. The summed E-state index contributed by atoms with van der Waals surface area (Å²) in [4.78, 5) is 8.83. The molecule has 0 bridgehead atoms. The largest absolute Gasteiger partial charge is 0.507 e. The van der Waals surface area contributed by atoms with E-state index in [0.29, 0.717) is 34.0 Å². The molecule has 0 unspecified atom stereocenters. The van der Waals surface area contributed by atoms with Crippen LogP contribution in [0.4, 0.5) is 5.82 Å². The molecule has 0 amide bonds. The Labute approximate surface area is 214 Å². The number of phenolic OH excluding ortho intramolecular Hbond substituents is 1. The molecular formula is C29H42N6O. The summed E-state index contributed by atoms with van der Waals surface area (Å²) in [6.45, 7) is 11.2. The van der Waals surface area contributed by atoms with E-state index in [1.165, 1.54) is 63.1 Å². The lowest BCUT2D eigenvalue weighted by Gasteiger charge is -2.67. The number of benzene rings is 1. The fraction of sp³-hybridized carbons (Fsp3) is 0.586. The number of nitrogen functional groups attached to an aromatic ring is 1. The number of nitrogens with two attached hydrogens (primary N) is 2. The van der Waals surface area contributed by atoms with E-state index in [-0.39, 0.29) is 5.75 Å². The molecule has 1 aromatic carbocycles. The molecule has 2 saturated carbocycles. The number of hydrogen-bond donors (Lipinski definition) is 5. The van der Waals surface area contributed by atoms with Crippen molar-refractivity contribution >= 4 is 17.6 Å². The molecule has 0 radical (unpaired) electrons. The predicted molar refractivity (Wildman–Crippen MR) is 146 cm³/mol. The number of nitrogens with one attached hydrogen (secondary N) is 2. The summed E-state index contributed by atoms with van der Waals surface area (Å²) in [6.07, 6.45) is 8.44. The normalized spacial score (nSPS) is 26.7. The molecule has 7 heteroatoms. The second kappa shape index (κ2) is 8.82. The number of rotatable bonds is 4. The van der Waals surface area contributed by atoms with Gasteiger partial charge >= 0.3 is 0 Å². The lowest BCUT2D eigenvalue weighted by atomic mass is 9.56. The van der Waals surface area contributed by atoms with Crippen molar-refractivity contribution in [3.05, 3.63) is 46.6 Å². The molecule has 4 fully saturated rings. The average Bonchev–Trinajstić information content (AvgIpc) is 3.08. The van der Waals surface area contributed by atoms with Gasteiger partial charge in [-0.05, 0) is 60.3 Å². The van der Waals surface area contributed by atoms with Crippen molar-refractivity contribution in [3.8, 4) is 5.75 Å². The maximum absolute atomic E-state index is 10.2. The average molecular weight is 491 g/mol. The fourth-order valence-electron chi connectivity index (χ4n) is 7.48. The number of hydrogen-bond acceptors (Lipinski definition) is 6. The standard InChI is InChI=1S/C27H36N6O.C2H6/c28-22(19-3-1-2-4-24(19)34)7-20-21-12-32(6-5-23(21)31-25(20)29)17-10-27(11-17)15-33(16-27)18-8-26(9-18)13-30-14-26;1-2/h1-4,7,17-18,30-31,34H,5-6,8-16,28-29H2;1-2H3/b22-7-;. The van der Waals surface area contributed by atoms with Gasteiger partial charge in [-0.25, -0.2) is 0 Å². The zero-order valence-corrected chi connectivity index (χ0v) is 21.8. The van der Waals surface area contributed by atoms with E-state index >= 15 is 0 Å². The summed E-state index contributed by atoms with van der Waals surface area (Å²) in [7, 11) is 0. The van der Waals surface area contributed by atoms with E-state index < -0.39 is 0 Å². The highest BCUT2D eigenvalue weighted by atomic mass is 16.3. The molecular weight excluding hydrogens is 448 g/mol. The molecule has 194 valence electrons. The number of aromatic amines is 1. The van der Waals surface area contributed by atoms with Crippen LogP contribution in [0.1, 0.15) is 61.9 Å². The van der Waals surface area contributed by atoms with Crippen LogP contribution in [0.15, 0.2) is 24.3 Å². The molecule has 2 aliphatic carbocycles. The molecule has 2 aromatic rings. The van der Waals surface area contributed by atoms with Crippen molar-refractivity contribution in [2.45, 2.75) is 64.6 Å². The first-order chi connectivity index (χ1) is 17.4. The molecule has 7 rings (SSSR count). The van der Waals surface area contributed by atoms with Gasteiger partial charge in [0.15, 0.2) is 0 Å². The fourth-order valence-corrected chi connectivity index (χ4v) is 7.48. The molecule has 0 atom stereocenters. The molecule has 1 aromatic heterocycles. The zero-order chi connectivity index (χ0) is 25.1. The Morgan fingerprint density at radius 3 is 2.36 bits per heavy atom. The number of fused-ring (bicyclic) bond motifs is 1. The van der Waals surface area contributed by atoms with Crippen molar-refractivity contribution in [1.29, 1.82) is 0 Å². The summed E-state index contributed by atoms with van der Waals surface area (Å²) >= 11 is 0. The Balaban J connectivity index is 0.00000117. The molecule has 4 heterocycles. The Morgan fingerprint density at radius 1 is 1.03 bits per heavy atom. The molecule has 2 spiro atoms. The van der Waals surface area contributed by atoms with Gasteiger partial charge in [0.2, 0.25) is 0 Å². The summed E-state index contributed by atoms with van der Waals surface area (Å²) in [5, 5.41) is 13.6. The van der Waals surface area contributed by atoms with E-state index in [9.17, 15) is 5.11 Å². The smallest absolute Gasteiger partial charge is 0.124 e. The molecule has 7 N–H and O–H groups in total. The third kappa shape index (κ3) is 3.83. The Hall–Kier alpha value is -2.48. The van der Waals surface area contributed by atoms with Crippen LogP contribution < -0.4 is 16.8 Å². The lowest BCUT2D eigenvalue weighted by Crippen LogP contribution is -2.73. The maximum atomic E-state index is 10.2. The molecule has 3 aliphatic heterocycles. The highest BCUT2D eigenvalue weighted by molar-refractivity contribution is 5.86. The van der Waals surface area contributed by atoms with Crippen LogP contribution in [0.3, 0.4) is 0 Å². The highest BCUT2D eigenvalue weighted by Crippen LogP contribution is 2.55. The lowest BCUT2D eigenvalue weighted by molar-refractivity contribution is -0.162. The van der Waals surface area contributed by atoms with Crippen LogP contribution in [0, 0.1) is 10.8 Å². The quantitative estimate of drug-likeness (QED) is 0.450. The minimum Gasteiger partial charge on any atom is -0.507 e. The van der Waals surface area contributed by atoms with E-state index in [1.54, 1.807) is 12.1 Å². The molecule has 7 nitrogen and oxygen atoms in total. The number of anilines is 1. The van der Waals surface area contributed by atoms with Gasteiger partial charge in [0, 0.05) is 80.3 Å². The van der Waals surface area contributed by atoms with E-state index in [4.69, 9.17) is 11.5 Å². The SMILES string of the molecule is CC.N/C(=C\c1c(N)[nH]c2c1CN(C1CC3(C1)CN(C1CC4(CNC4)C1)C3)CC2)c1ccccc1O. The zero-order valence-electron chi connectivity index (χ0n) is 21.8. The van der Waals surface area contributed by atoms with Crippen LogP contribution in [0.25, 0.3) is 11.8 Å². The summed E-state index contributed by atoms with van der Waals surface area (Å²) in [5.74, 6) is 0.862. The van der Waals surface area contributed by atoms with Gasteiger partial charge in [-0.3, -0.25) is 9.80 Å². The number of H-pyrrole nitrogens is 1. The Kier molecular flexibility index (Phi) is 5.85. The topological polar surface area (TPSA) is 107 Å². The van der Waals surface area contributed by atoms with E-state index in [1.807, 2.05) is 32.1 Å². The van der Waals surface area contributed by atoms with Crippen molar-refractivity contribution < 1.29 is 5.11 Å². The number of nitrogens with zero attached hydrogens (tertiary/aromatic N) is 2. The van der Waals surface area contributed by atoms with Crippen molar-refractivity contribution in [2.75, 3.05) is 38.5 Å². The van der Waals surface area contributed by atoms with Crippen molar-refractivity contribution in [2.24, 2.45) is 16.6 Å². The minimum atomic E-state index is 0.191. The van der Waals surface area contributed by atoms with Gasteiger partial charge in [0.1, 0.15) is 11.6 Å². The van der Waals surface area contributed by atoms with Gasteiger partial charge in [0.25, 0.3) is 0 Å². The van der Waals surface area contributed by atoms with Crippen molar-refractivity contribution in [1.82, 2.24) is 20.1 Å². The van der Waals surface area contributed by atoms with Crippen LogP contribution in [0.5, 0.6) is 5.75 Å². The molecule has 36 heavy (non-hydrogen) atoms. The third-order valence-corrected chi connectivity index (χ3v) is 9.57. The van der Waals surface area contributed by atoms with Crippen LogP contribution in [0.2, 0.25) is 0 Å². The van der Waals surface area contributed by atoms with Crippen LogP contribution in [-0.4, -0.2) is 64.7 Å². The van der Waals surface area contributed by atoms with E-state index in [0.717, 1.165) is 31.1 Å². The van der Waals surface area contributed by atoms with Crippen LogP contribution in [-0.2, 0) is 13.0 Å². The van der Waals surface area contributed by atoms with Crippen molar-refractivity contribution in [3.63, 3.8) is 0 Å². The second-order valence-corrected chi connectivity index (χ2v) is 11.9. The number of likely N-dealkylation sites (tertiary alicyclic amines) is 1. The second-order valence-electron chi connectivity index (χ2n) is 11.9. The maximum Gasteiger partial charge on any atom is 0.124 e. The summed E-state index contributed by atoms with van der Waals surface area (Å²) in [5.41, 5.74) is 18.7. The van der Waals surface area contributed by atoms with E-state index in [2.05, 4.69) is 20.1 Å². The van der Waals surface area contributed by atoms with Gasteiger partial charge < -0.3 is 26.9 Å². The number of aromatic nitrogens is 1. The molecule has 5 aliphatic rings. The predicted octanol–water partition coefficient (Wildman–Crippen LogP) is 3.36. The monoisotopic (exact) mass is 490 g/mol. The van der Waals surface area contributed by atoms with Gasteiger partial charge in [0.05, 0.1) is 0 Å².